The van der Waals surface area contributed by atoms with Gasteiger partial charge in [-0.15, -0.1) is 0 Å². The maximum atomic E-state index is 5.01. The van der Waals surface area contributed by atoms with Gasteiger partial charge in [-0.05, 0) is 33.4 Å². The average Bonchev–Trinajstić information content (AvgIpc) is 2.72. The number of rotatable bonds is 6. The number of likely N-dealkylation sites (tertiary alicyclic amines) is 1. The Morgan fingerprint density at radius 2 is 2.29 bits per heavy atom. The highest BCUT2D eigenvalue weighted by Crippen LogP contribution is 2.14. The zero-order chi connectivity index (χ0) is 12.5. The molecule has 5 nitrogen and oxygen atoms in total. The molecule has 0 amide bonds. The third-order valence-corrected chi connectivity index (χ3v) is 3.07. The van der Waals surface area contributed by atoms with Gasteiger partial charge in [0.25, 0.3) is 0 Å². The second-order valence-electron chi connectivity index (χ2n) is 4.42. The van der Waals surface area contributed by atoms with Crippen molar-refractivity contribution < 1.29 is 4.74 Å². The number of guanidine groups is 1. The third kappa shape index (κ3) is 5.37. The maximum absolute atomic E-state index is 5.01. The molecule has 0 aromatic carbocycles. The summed E-state index contributed by atoms with van der Waals surface area (Å²) in [7, 11) is 3.89. The molecule has 0 aliphatic carbocycles. The molecule has 0 spiro atoms. The van der Waals surface area contributed by atoms with Crippen LogP contribution in [-0.2, 0) is 4.74 Å². The van der Waals surface area contributed by atoms with E-state index in [0.717, 1.165) is 25.6 Å². The molecule has 0 bridgehead atoms. The van der Waals surface area contributed by atoms with Crippen LogP contribution in [0.2, 0.25) is 0 Å². The first-order valence-electron chi connectivity index (χ1n) is 6.49. The van der Waals surface area contributed by atoms with E-state index in [0.29, 0.717) is 12.6 Å². The van der Waals surface area contributed by atoms with Crippen molar-refractivity contribution in [3.63, 3.8) is 0 Å². The summed E-state index contributed by atoms with van der Waals surface area (Å²) in [6.07, 6.45) is 2.56. The van der Waals surface area contributed by atoms with Crippen LogP contribution in [-0.4, -0.2) is 63.8 Å². The van der Waals surface area contributed by atoms with Crippen LogP contribution >= 0.6 is 0 Å². The third-order valence-electron chi connectivity index (χ3n) is 3.07. The molecular formula is C12H26N4O. The monoisotopic (exact) mass is 242 g/mol. The van der Waals surface area contributed by atoms with E-state index in [1.807, 2.05) is 0 Å². The summed E-state index contributed by atoms with van der Waals surface area (Å²) in [6, 6.07) is 0.605. The molecule has 1 rings (SSSR count). The molecule has 100 valence electrons. The summed E-state index contributed by atoms with van der Waals surface area (Å²) in [4.78, 5) is 7.01. The molecule has 1 aliphatic heterocycles. The Hall–Kier alpha value is -0.810. The van der Waals surface area contributed by atoms with Crippen LogP contribution in [0.25, 0.3) is 0 Å². The molecule has 5 heteroatoms. The molecule has 1 fully saturated rings. The second kappa shape index (κ2) is 8.31. The van der Waals surface area contributed by atoms with Crippen molar-refractivity contribution in [3.8, 4) is 0 Å². The number of hydrogen-bond donors (Lipinski definition) is 2. The largest absolute Gasteiger partial charge is 0.383 e. The number of hydrogen-bond acceptors (Lipinski definition) is 3. The Labute approximate surface area is 105 Å². The molecule has 17 heavy (non-hydrogen) atoms. The molecular weight excluding hydrogens is 216 g/mol. The van der Waals surface area contributed by atoms with Crippen LogP contribution in [0.4, 0.5) is 0 Å². The lowest BCUT2D eigenvalue weighted by Crippen LogP contribution is -2.40. The van der Waals surface area contributed by atoms with Gasteiger partial charge in [0.05, 0.1) is 13.2 Å². The Morgan fingerprint density at radius 1 is 1.47 bits per heavy atom. The second-order valence-corrected chi connectivity index (χ2v) is 4.42. The lowest BCUT2D eigenvalue weighted by molar-refractivity contribution is 0.203. The van der Waals surface area contributed by atoms with Gasteiger partial charge < -0.3 is 20.3 Å². The van der Waals surface area contributed by atoms with Gasteiger partial charge in [-0.2, -0.15) is 0 Å². The van der Waals surface area contributed by atoms with E-state index in [1.165, 1.54) is 19.4 Å². The van der Waals surface area contributed by atoms with E-state index < -0.39 is 0 Å². The van der Waals surface area contributed by atoms with Gasteiger partial charge in [-0.3, -0.25) is 4.99 Å². The van der Waals surface area contributed by atoms with Gasteiger partial charge in [0.2, 0.25) is 0 Å². The van der Waals surface area contributed by atoms with E-state index >= 15 is 0 Å². The molecule has 0 aromatic heterocycles. The number of nitrogens with one attached hydrogen (secondary N) is 2. The fourth-order valence-corrected chi connectivity index (χ4v) is 2.02. The quantitative estimate of drug-likeness (QED) is 0.399. The SMILES string of the molecule is CCNC(=NCC1CCCN1C)NCCOC. The molecule has 0 radical (unpaired) electrons. The number of nitrogens with zero attached hydrogens (tertiary/aromatic N) is 2. The Bertz CT molecular complexity index is 233. The summed E-state index contributed by atoms with van der Waals surface area (Å²) >= 11 is 0. The summed E-state index contributed by atoms with van der Waals surface area (Å²) < 4.78 is 5.01. The fourth-order valence-electron chi connectivity index (χ4n) is 2.02. The molecule has 2 N–H and O–H groups in total. The minimum absolute atomic E-state index is 0.605. The van der Waals surface area contributed by atoms with Crippen molar-refractivity contribution >= 4 is 5.96 Å². The number of aliphatic imine (C=N–C) groups is 1. The van der Waals surface area contributed by atoms with E-state index in [2.05, 4.69) is 34.5 Å². The van der Waals surface area contributed by atoms with E-state index in [-0.39, 0.29) is 0 Å². The number of likely N-dealkylation sites (N-methyl/N-ethyl adjacent to an activating group) is 1. The molecule has 1 unspecified atom stereocenters. The van der Waals surface area contributed by atoms with Crippen LogP contribution in [0, 0.1) is 0 Å². The summed E-state index contributed by atoms with van der Waals surface area (Å²) in [5, 5.41) is 6.50. The highest BCUT2D eigenvalue weighted by molar-refractivity contribution is 5.79. The molecule has 0 aromatic rings. The zero-order valence-corrected chi connectivity index (χ0v) is 11.3. The molecule has 1 heterocycles. The van der Waals surface area contributed by atoms with Gasteiger partial charge in [-0.25, -0.2) is 0 Å². The molecule has 1 atom stereocenters. The normalized spacial score (nSPS) is 21.8. The van der Waals surface area contributed by atoms with Crippen LogP contribution in [0.3, 0.4) is 0 Å². The van der Waals surface area contributed by atoms with E-state index in [9.17, 15) is 0 Å². The molecule has 0 saturated carbocycles. The number of ether oxygens (including phenoxy) is 1. The van der Waals surface area contributed by atoms with E-state index in [4.69, 9.17) is 4.74 Å². The van der Waals surface area contributed by atoms with Crippen LogP contribution < -0.4 is 10.6 Å². The Kier molecular flexibility index (Phi) is 6.96. The average molecular weight is 242 g/mol. The Balaban J connectivity index is 2.33. The lowest BCUT2D eigenvalue weighted by Gasteiger charge is -2.18. The van der Waals surface area contributed by atoms with Crippen molar-refractivity contribution in [1.29, 1.82) is 0 Å². The van der Waals surface area contributed by atoms with Gasteiger partial charge >= 0.3 is 0 Å². The Morgan fingerprint density at radius 3 is 2.88 bits per heavy atom. The van der Waals surface area contributed by atoms with Crippen molar-refractivity contribution in [2.24, 2.45) is 4.99 Å². The van der Waals surface area contributed by atoms with Gasteiger partial charge in [0, 0.05) is 26.2 Å². The highest BCUT2D eigenvalue weighted by atomic mass is 16.5. The fraction of sp³-hybridized carbons (Fsp3) is 0.917. The molecule has 1 aliphatic rings. The minimum Gasteiger partial charge on any atom is -0.383 e. The zero-order valence-electron chi connectivity index (χ0n) is 11.3. The smallest absolute Gasteiger partial charge is 0.191 e. The van der Waals surface area contributed by atoms with E-state index in [1.54, 1.807) is 7.11 Å². The topological polar surface area (TPSA) is 48.9 Å². The van der Waals surface area contributed by atoms with Crippen molar-refractivity contribution in [3.05, 3.63) is 0 Å². The van der Waals surface area contributed by atoms with Crippen molar-refractivity contribution in [2.45, 2.75) is 25.8 Å². The number of methoxy groups -OCH3 is 1. The highest BCUT2D eigenvalue weighted by Gasteiger charge is 2.20. The van der Waals surface area contributed by atoms with Gasteiger partial charge in [-0.1, -0.05) is 0 Å². The van der Waals surface area contributed by atoms with Crippen molar-refractivity contribution in [2.75, 3.05) is 46.9 Å². The minimum atomic E-state index is 0.605. The first-order chi connectivity index (χ1) is 8.27. The molecule has 1 saturated heterocycles. The predicted octanol–water partition coefficient (Wildman–Crippen LogP) is 0.282. The first kappa shape index (κ1) is 14.3. The summed E-state index contributed by atoms with van der Waals surface area (Å²) in [5.41, 5.74) is 0. The summed E-state index contributed by atoms with van der Waals surface area (Å²) in [5.74, 6) is 0.893. The first-order valence-corrected chi connectivity index (χ1v) is 6.49. The lowest BCUT2D eigenvalue weighted by atomic mass is 10.2. The van der Waals surface area contributed by atoms with Crippen molar-refractivity contribution in [1.82, 2.24) is 15.5 Å². The van der Waals surface area contributed by atoms with Gasteiger partial charge in [0.1, 0.15) is 0 Å². The van der Waals surface area contributed by atoms with Crippen LogP contribution in [0.5, 0.6) is 0 Å². The standard InChI is InChI=1S/C12H26N4O/c1-4-13-12(14-7-9-17-3)15-10-11-6-5-8-16(11)2/h11H,4-10H2,1-3H3,(H2,13,14,15). The van der Waals surface area contributed by atoms with Crippen LogP contribution in [0.15, 0.2) is 4.99 Å². The summed E-state index contributed by atoms with van der Waals surface area (Å²) in [6.45, 7) is 6.54. The van der Waals surface area contributed by atoms with Gasteiger partial charge in [0.15, 0.2) is 5.96 Å². The maximum Gasteiger partial charge on any atom is 0.191 e. The predicted molar refractivity (Wildman–Crippen MR) is 71.5 cm³/mol. The van der Waals surface area contributed by atoms with Crippen LogP contribution in [0.1, 0.15) is 19.8 Å².